The van der Waals surface area contributed by atoms with Crippen molar-refractivity contribution in [1.29, 1.82) is 5.26 Å². The van der Waals surface area contributed by atoms with Crippen LogP contribution in [0.3, 0.4) is 0 Å². The molecule has 2 aromatic heterocycles. The van der Waals surface area contributed by atoms with Crippen LogP contribution < -0.4 is 15.4 Å². The minimum absolute atomic E-state index is 0.181. The van der Waals surface area contributed by atoms with Gasteiger partial charge in [-0.2, -0.15) is 10.2 Å². The molecule has 208 valence electrons. The van der Waals surface area contributed by atoms with Gasteiger partial charge in [0.15, 0.2) is 18.1 Å². The molecule has 0 unspecified atom stereocenters. The van der Waals surface area contributed by atoms with E-state index in [0.29, 0.717) is 36.0 Å². The molecule has 4 rings (SSSR count). The Hall–Kier alpha value is -4.67. The number of nitrogens with zero attached hydrogens (tertiary/aromatic N) is 6. The van der Waals surface area contributed by atoms with Crippen LogP contribution in [0.5, 0.6) is 5.75 Å². The second kappa shape index (κ2) is 13.4. The third-order valence-corrected chi connectivity index (χ3v) is 6.11. The summed E-state index contributed by atoms with van der Waals surface area (Å²) in [5, 5.41) is 25.6. The van der Waals surface area contributed by atoms with Gasteiger partial charge in [-0.1, -0.05) is 12.7 Å². The largest absolute Gasteiger partial charge is 0.486 e. The van der Waals surface area contributed by atoms with Crippen LogP contribution in [0.4, 0.5) is 21.8 Å². The normalized spacial score (nSPS) is 17.4. The predicted molar refractivity (Wildman–Crippen MR) is 145 cm³/mol. The van der Waals surface area contributed by atoms with Gasteiger partial charge in [-0.05, 0) is 30.3 Å². The smallest absolute Gasteiger partial charge is 0.255 e. The molecule has 0 aliphatic carbocycles. The molecule has 1 saturated heterocycles. The van der Waals surface area contributed by atoms with E-state index >= 15 is 0 Å². The molecule has 3 heterocycles. The van der Waals surface area contributed by atoms with Crippen molar-refractivity contribution < 1.29 is 23.8 Å². The summed E-state index contributed by atoms with van der Waals surface area (Å²) < 4.78 is 25.7. The van der Waals surface area contributed by atoms with Gasteiger partial charge in [0.25, 0.3) is 5.91 Å². The lowest BCUT2D eigenvalue weighted by atomic mass is 10.0. The van der Waals surface area contributed by atoms with Crippen LogP contribution in [0.25, 0.3) is 11.4 Å². The molecule has 1 aliphatic rings. The number of hydrogen-bond donors (Lipinski definition) is 3. The average Bonchev–Trinajstić information content (AvgIpc) is 2.98. The molecule has 0 radical (unpaired) electrons. The Morgan fingerprint density at radius 3 is 2.90 bits per heavy atom. The number of ether oxygens (including phenoxy) is 2. The Morgan fingerprint density at radius 2 is 2.20 bits per heavy atom. The zero-order chi connectivity index (χ0) is 28.5. The summed E-state index contributed by atoms with van der Waals surface area (Å²) in [7, 11) is 1.63. The standard InChI is InChI=1S/C27H29FN8O4/c1-3-21(37)26(38)36-10-8-23(20(28)15-36)40-22-6-4-17(12-18(22)13-29)25-32-16-33-27(35-25)34-19-5-7-24(31-14-19)30-9-11-39-2/h3-7,12,14,16,20-21,23,37H,1,8-11,15H2,2H3,(H,30,31)(H,32,33,34,35)/t20-,21+,23+/m1/s1. The Kier molecular flexibility index (Phi) is 9.50. The zero-order valence-corrected chi connectivity index (χ0v) is 21.8. The molecule has 0 bridgehead atoms. The first-order valence-corrected chi connectivity index (χ1v) is 12.5. The molecule has 13 heteroatoms. The Balaban J connectivity index is 1.42. The molecule has 3 atom stereocenters. The number of nitriles is 1. The maximum atomic E-state index is 14.9. The van der Waals surface area contributed by atoms with E-state index in [1.165, 1.54) is 11.2 Å². The number of carbonyl (C=O) groups is 1. The van der Waals surface area contributed by atoms with Crippen molar-refractivity contribution in [2.75, 3.05) is 44.0 Å². The first kappa shape index (κ1) is 28.3. The van der Waals surface area contributed by atoms with Crippen molar-refractivity contribution in [2.45, 2.75) is 24.8 Å². The minimum Gasteiger partial charge on any atom is -0.486 e. The van der Waals surface area contributed by atoms with E-state index in [1.54, 1.807) is 31.5 Å². The fourth-order valence-corrected chi connectivity index (χ4v) is 4.00. The number of aliphatic hydroxyl groups excluding tert-OH is 1. The number of likely N-dealkylation sites (tertiary alicyclic amines) is 1. The number of anilines is 3. The number of carbonyl (C=O) groups excluding carboxylic acids is 1. The SMILES string of the molecule is C=C[C@H](O)C(=O)N1CC[C@H](Oc2ccc(-c3ncnc(Nc4ccc(NCCOC)nc4)n3)cc2C#N)[C@H](F)C1. The number of aromatic nitrogens is 4. The Bertz CT molecular complexity index is 1370. The number of aliphatic hydroxyl groups is 1. The van der Waals surface area contributed by atoms with Gasteiger partial charge < -0.3 is 30.1 Å². The van der Waals surface area contributed by atoms with Gasteiger partial charge in [-0.15, -0.1) is 0 Å². The minimum atomic E-state index is -1.50. The molecule has 1 amide bonds. The summed E-state index contributed by atoms with van der Waals surface area (Å²) in [4.78, 5) is 30.5. The highest BCUT2D eigenvalue weighted by molar-refractivity contribution is 5.82. The van der Waals surface area contributed by atoms with E-state index in [2.05, 4.69) is 43.2 Å². The molecule has 3 aromatic rings. The number of benzene rings is 1. The first-order valence-electron chi connectivity index (χ1n) is 12.5. The van der Waals surface area contributed by atoms with Crippen LogP contribution in [0.2, 0.25) is 0 Å². The van der Waals surface area contributed by atoms with Crippen LogP contribution in [-0.4, -0.2) is 87.6 Å². The highest BCUT2D eigenvalue weighted by atomic mass is 19.1. The van der Waals surface area contributed by atoms with Crippen molar-refractivity contribution in [2.24, 2.45) is 0 Å². The highest BCUT2D eigenvalue weighted by Crippen LogP contribution is 2.28. The van der Waals surface area contributed by atoms with Gasteiger partial charge in [0.2, 0.25) is 5.95 Å². The van der Waals surface area contributed by atoms with Crippen molar-refractivity contribution in [1.82, 2.24) is 24.8 Å². The van der Waals surface area contributed by atoms with Crippen LogP contribution in [0.15, 0.2) is 55.5 Å². The molecule has 40 heavy (non-hydrogen) atoms. The molecular weight excluding hydrogens is 519 g/mol. The van der Waals surface area contributed by atoms with Crippen LogP contribution in [0, 0.1) is 11.3 Å². The number of pyridine rings is 1. The molecule has 12 nitrogen and oxygen atoms in total. The third-order valence-electron chi connectivity index (χ3n) is 6.11. The fraction of sp³-hybridized carbons (Fsp3) is 0.333. The number of amides is 1. The number of piperidine rings is 1. The lowest BCUT2D eigenvalue weighted by molar-refractivity contribution is -0.141. The maximum absolute atomic E-state index is 14.9. The van der Waals surface area contributed by atoms with E-state index < -0.39 is 24.3 Å². The van der Waals surface area contributed by atoms with Crippen LogP contribution in [-0.2, 0) is 9.53 Å². The number of halogens is 1. The predicted octanol–water partition coefficient (Wildman–Crippen LogP) is 2.47. The molecule has 0 saturated carbocycles. The quantitative estimate of drug-likeness (QED) is 0.239. The maximum Gasteiger partial charge on any atom is 0.255 e. The average molecular weight is 549 g/mol. The second-order valence-electron chi connectivity index (χ2n) is 8.86. The topological polar surface area (TPSA) is 158 Å². The molecule has 3 N–H and O–H groups in total. The third kappa shape index (κ3) is 7.04. The Labute approximate surface area is 230 Å². The molecular formula is C27H29FN8O4. The van der Waals surface area contributed by atoms with Gasteiger partial charge in [0, 0.05) is 32.2 Å². The summed E-state index contributed by atoms with van der Waals surface area (Å²) in [5.74, 6) is 0.918. The van der Waals surface area contributed by atoms with Crippen molar-refractivity contribution >= 4 is 23.4 Å². The number of rotatable bonds is 11. The number of hydrogen-bond acceptors (Lipinski definition) is 11. The monoisotopic (exact) mass is 548 g/mol. The lowest BCUT2D eigenvalue weighted by Crippen LogP contribution is -2.51. The van der Waals surface area contributed by atoms with Gasteiger partial charge >= 0.3 is 0 Å². The van der Waals surface area contributed by atoms with E-state index in [-0.39, 0.29) is 36.8 Å². The summed E-state index contributed by atoms with van der Waals surface area (Å²) in [6, 6.07) is 10.5. The van der Waals surface area contributed by atoms with E-state index in [1.807, 2.05) is 12.1 Å². The van der Waals surface area contributed by atoms with Gasteiger partial charge in [-0.25, -0.2) is 19.3 Å². The van der Waals surface area contributed by atoms with Gasteiger partial charge in [0.05, 0.1) is 30.6 Å². The highest BCUT2D eigenvalue weighted by Gasteiger charge is 2.34. The molecule has 1 fully saturated rings. The first-order chi connectivity index (χ1) is 19.4. The zero-order valence-electron chi connectivity index (χ0n) is 21.8. The number of nitrogens with one attached hydrogen (secondary N) is 2. The van der Waals surface area contributed by atoms with Crippen molar-refractivity contribution in [3.63, 3.8) is 0 Å². The summed E-state index contributed by atoms with van der Waals surface area (Å²) in [6.07, 6.45) is 0.556. The molecule has 1 aromatic carbocycles. The van der Waals surface area contributed by atoms with Gasteiger partial charge in [0.1, 0.15) is 30.1 Å². The van der Waals surface area contributed by atoms with Crippen LogP contribution >= 0.6 is 0 Å². The lowest BCUT2D eigenvalue weighted by Gasteiger charge is -2.35. The number of methoxy groups -OCH3 is 1. The molecule has 0 spiro atoms. The van der Waals surface area contributed by atoms with Crippen molar-refractivity contribution in [3.05, 3.63) is 61.1 Å². The fourth-order valence-electron chi connectivity index (χ4n) is 4.00. The van der Waals surface area contributed by atoms with E-state index in [0.717, 1.165) is 6.08 Å². The van der Waals surface area contributed by atoms with E-state index in [9.17, 15) is 19.6 Å². The van der Waals surface area contributed by atoms with Gasteiger partial charge in [-0.3, -0.25) is 4.79 Å². The van der Waals surface area contributed by atoms with Crippen LogP contribution in [0.1, 0.15) is 12.0 Å². The summed E-state index contributed by atoms with van der Waals surface area (Å²) >= 11 is 0. The van der Waals surface area contributed by atoms with E-state index in [4.69, 9.17) is 9.47 Å². The Morgan fingerprint density at radius 1 is 1.35 bits per heavy atom. The van der Waals surface area contributed by atoms with Crippen molar-refractivity contribution in [3.8, 4) is 23.2 Å². The summed E-state index contributed by atoms with van der Waals surface area (Å²) in [6.45, 7) is 4.56. The summed E-state index contributed by atoms with van der Waals surface area (Å²) in [5.41, 5.74) is 1.39. The second-order valence-corrected chi connectivity index (χ2v) is 8.86. The number of alkyl halides is 1. The molecule has 1 aliphatic heterocycles.